The van der Waals surface area contributed by atoms with Gasteiger partial charge in [0.15, 0.2) is 0 Å². The smallest absolute Gasteiger partial charge is 0.407 e. The molecule has 1 fully saturated rings. The Bertz CT molecular complexity index is 954. The molecule has 1 heterocycles. The summed E-state index contributed by atoms with van der Waals surface area (Å²) in [6.07, 6.45) is -0.562. The van der Waals surface area contributed by atoms with Gasteiger partial charge in [-0.2, -0.15) is 12.7 Å². The molecule has 8 heteroatoms. The van der Waals surface area contributed by atoms with Gasteiger partial charge in [0, 0.05) is 19.0 Å². The zero-order chi connectivity index (χ0) is 19.2. The maximum absolute atomic E-state index is 12.3. The number of benzene rings is 2. The van der Waals surface area contributed by atoms with Gasteiger partial charge in [0.05, 0.1) is 5.54 Å². The Hall–Kier alpha value is -2.42. The van der Waals surface area contributed by atoms with E-state index in [1.807, 2.05) is 24.3 Å². The minimum Gasteiger partial charge on any atom is -0.449 e. The average Bonchev–Trinajstić information content (AvgIpc) is 2.91. The topological polar surface area (TPSA) is 102 Å². The third kappa shape index (κ3) is 3.31. The van der Waals surface area contributed by atoms with Crippen LogP contribution in [-0.4, -0.2) is 44.1 Å². The molecule has 1 amide bonds. The molecule has 0 bridgehead atoms. The molecule has 2 aliphatic rings. The van der Waals surface area contributed by atoms with Crippen LogP contribution in [0, 0.1) is 0 Å². The summed E-state index contributed by atoms with van der Waals surface area (Å²) in [5.41, 5.74) is 3.94. The summed E-state index contributed by atoms with van der Waals surface area (Å²) in [7, 11) is -3.72. The van der Waals surface area contributed by atoms with E-state index in [1.54, 1.807) is 6.92 Å². The van der Waals surface area contributed by atoms with Crippen LogP contribution < -0.4 is 10.5 Å². The van der Waals surface area contributed by atoms with Crippen molar-refractivity contribution in [1.82, 2.24) is 9.62 Å². The molecule has 1 aliphatic heterocycles. The zero-order valence-electron chi connectivity index (χ0n) is 14.9. The number of hydrogen-bond donors (Lipinski definition) is 2. The van der Waals surface area contributed by atoms with Crippen molar-refractivity contribution in [3.63, 3.8) is 0 Å². The number of ether oxygens (including phenoxy) is 1. The standard InChI is InChI=1S/C19H21N3O4S/c1-19(11-22(12-19)27(20,24)25)21-18(23)26-10-17-15-8-4-2-6-13(15)14-7-3-5-9-16(14)17/h2-9,17H,10-12H2,1H3,(H,21,23)(H2,20,24,25). The molecular weight excluding hydrogens is 366 g/mol. The molecule has 4 rings (SSSR count). The highest BCUT2D eigenvalue weighted by atomic mass is 32.2. The first-order valence-electron chi connectivity index (χ1n) is 8.68. The Kier molecular flexibility index (Phi) is 4.21. The van der Waals surface area contributed by atoms with E-state index in [2.05, 4.69) is 29.6 Å². The van der Waals surface area contributed by atoms with E-state index in [0.717, 1.165) is 26.6 Å². The second-order valence-electron chi connectivity index (χ2n) is 7.32. The van der Waals surface area contributed by atoms with Crippen molar-refractivity contribution in [2.45, 2.75) is 18.4 Å². The van der Waals surface area contributed by atoms with Gasteiger partial charge in [-0.05, 0) is 29.2 Å². The van der Waals surface area contributed by atoms with Crippen LogP contribution >= 0.6 is 0 Å². The van der Waals surface area contributed by atoms with Crippen molar-refractivity contribution >= 4 is 16.3 Å². The fourth-order valence-electron chi connectivity index (χ4n) is 3.87. The Morgan fingerprint density at radius 3 is 2.19 bits per heavy atom. The first-order chi connectivity index (χ1) is 12.8. The van der Waals surface area contributed by atoms with Crippen LogP contribution in [0.15, 0.2) is 48.5 Å². The Morgan fingerprint density at radius 1 is 1.15 bits per heavy atom. The maximum atomic E-state index is 12.3. The van der Waals surface area contributed by atoms with Gasteiger partial charge in [0.1, 0.15) is 6.61 Å². The van der Waals surface area contributed by atoms with Crippen LogP contribution in [0.3, 0.4) is 0 Å². The van der Waals surface area contributed by atoms with Gasteiger partial charge in [-0.1, -0.05) is 48.5 Å². The fourth-order valence-corrected chi connectivity index (χ4v) is 4.80. The van der Waals surface area contributed by atoms with Gasteiger partial charge in [0.2, 0.25) is 0 Å². The molecule has 142 valence electrons. The zero-order valence-corrected chi connectivity index (χ0v) is 15.7. The lowest BCUT2D eigenvalue weighted by Crippen LogP contribution is -2.70. The summed E-state index contributed by atoms with van der Waals surface area (Å²) < 4.78 is 29.2. The highest BCUT2D eigenvalue weighted by molar-refractivity contribution is 7.86. The predicted octanol–water partition coefficient (Wildman–Crippen LogP) is 1.80. The summed E-state index contributed by atoms with van der Waals surface area (Å²) in [4.78, 5) is 12.3. The number of nitrogens with one attached hydrogen (secondary N) is 1. The number of carbonyl (C=O) groups is 1. The number of amides is 1. The van der Waals surface area contributed by atoms with E-state index in [1.165, 1.54) is 0 Å². The lowest BCUT2D eigenvalue weighted by molar-refractivity contribution is 0.0952. The Morgan fingerprint density at radius 2 is 1.67 bits per heavy atom. The molecular formula is C19H21N3O4S. The van der Waals surface area contributed by atoms with Crippen LogP contribution in [0.5, 0.6) is 0 Å². The molecule has 1 aliphatic carbocycles. The van der Waals surface area contributed by atoms with Crippen molar-refractivity contribution in [1.29, 1.82) is 0 Å². The van der Waals surface area contributed by atoms with Crippen molar-refractivity contribution in [3.8, 4) is 11.1 Å². The first kappa shape index (κ1) is 18.0. The van der Waals surface area contributed by atoms with Gasteiger partial charge < -0.3 is 10.1 Å². The van der Waals surface area contributed by atoms with Gasteiger partial charge in [-0.3, -0.25) is 0 Å². The third-order valence-electron chi connectivity index (χ3n) is 5.16. The van der Waals surface area contributed by atoms with Crippen LogP contribution in [0.25, 0.3) is 11.1 Å². The number of alkyl carbamates (subject to hydrolysis) is 1. The molecule has 0 saturated carbocycles. The Balaban J connectivity index is 1.42. The van der Waals surface area contributed by atoms with Gasteiger partial charge in [-0.15, -0.1) is 0 Å². The van der Waals surface area contributed by atoms with Crippen LogP contribution in [0.4, 0.5) is 4.79 Å². The van der Waals surface area contributed by atoms with E-state index >= 15 is 0 Å². The molecule has 2 aromatic carbocycles. The largest absolute Gasteiger partial charge is 0.449 e. The molecule has 0 radical (unpaired) electrons. The number of rotatable bonds is 4. The van der Waals surface area contributed by atoms with Gasteiger partial charge in [-0.25, -0.2) is 9.93 Å². The lowest BCUT2D eigenvalue weighted by Gasteiger charge is -2.45. The summed E-state index contributed by atoms with van der Waals surface area (Å²) >= 11 is 0. The van der Waals surface area contributed by atoms with E-state index in [9.17, 15) is 13.2 Å². The second kappa shape index (κ2) is 6.33. The molecule has 0 unspecified atom stereocenters. The summed E-state index contributed by atoms with van der Waals surface area (Å²) in [6, 6.07) is 16.2. The predicted molar refractivity (Wildman–Crippen MR) is 101 cm³/mol. The highest BCUT2D eigenvalue weighted by Gasteiger charge is 2.45. The number of hydrogen-bond acceptors (Lipinski definition) is 4. The lowest BCUT2D eigenvalue weighted by atomic mass is 9.95. The van der Waals surface area contributed by atoms with E-state index in [-0.39, 0.29) is 25.6 Å². The van der Waals surface area contributed by atoms with Crippen LogP contribution in [0.1, 0.15) is 24.0 Å². The molecule has 2 aromatic rings. The molecule has 1 saturated heterocycles. The number of carbonyl (C=O) groups excluding carboxylic acids is 1. The van der Waals surface area contributed by atoms with Crippen LogP contribution in [-0.2, 0) is 14.9 Å². The molecule has 7 nitrogen and oxygen atoms in total. The highest BCUT2D eigenvalue weighted by Crippen LogP contribution is 2.44. The molecule has 0 atom stereocenters. The van der Waals surface area contributed by atoms with Crippen molar-refractivity contribution in [2.75, 3.05) is 19.7 Å². The second-order valence-corrected chi connectivity index (χ2v) is 8.87. The fraction of sp³-hybridized carbons (Fsp3) is 0.316. The van der Waals surface area contributed by atoms with E-state index < -0.39 is 21.8 Å². The number of fused-ring (bicyclic) bond motifs is 3. The average molecular weight is 387 g/mol. The van der Waals surface area contributed by atoms with Crippen molar-refractivity contribution in [2.24, 2.45) is 5.14 Å². The number of nitrogens with two attached hydrogens (primary N) is 1. The normalized spacial score (nSPS) is 18.3. The quantitative estimate of drug-likeness (QED) is 0.835. The minimum absolute atomic E-state index is 0.0155. The summed E-state index contributed by atoms with van der Waals surface area (Å²) in [5, 5.41) is 7.82. The third-order valence-corrected chi connectivity index (χ3v) is 6.14. The maximum Gasteiger partial charge on any atom is 0.407 e. The Labute approximate surface area is 158 Å². The molecule has 0 spiro atoms. The van der Waals surface area contributed by atoms with Crippen molar-refractivity contribution < 1.29 is 17.9 Å². The SMILES string of the molecule is CC1(NC(=O)OCC2c3ccccc3-c3ccccc32)CN(S(N)(=O)=O)C1. The van der Waals surface area contributed by atoms with Crippen LogP contribution in [0.2, 0.25) is 0 Å². The van der Waals surface area contributed by atoms with Crippen molar-refractivity contribution in [3.05, 3.63) is 59.7 Å². The number of nitrogens with zero attached hydrogens (tertiary/aromatic N) is 1. The minimum atomic E-state index is -3.72. The first-order valence-corrected chi connectivity index (χ1v) is 10.2. The van der Waals surface area contributed by atoms with E-state index in [4.69, 9.17) is 9.88 Å². The monoisotopic (exact) mass is 387 g/mol. The molecule has 3 N–H and O–H groups in total. The summed E-state index contributed by atoms with van der Waals surface area (Å²) in [6.45, 7) is 2.25. The van der Waals surface area contributed by atoms with Gasteiger partial charge >= 0.3 is 6.09 Å². The van der Waals surface area contributed by atoms with E-state index in [0.29, 0.717) is 0 Å². The van der Waals surface area contributed by atoms with Gasteiger partial charge in [0.25, 0.3) is 10.2 Å². The summed E-state index contributed by atoms with van der Waals surface area (Å²) in [5.74, 6) is -0.0155. The molecule has 27 heavy (non-hydrogen) atoms. The molecule has 0 aromatic heterocycles.